The Morgan fingerprint density at radius 3 is 2.58 bits per heavy atom. The first-order valence-electron chi connectivity index (χ1n) is 10.0. The standard InChI is InChI=1S/C23H25NO7/c1-3-29-21(23(27)28)12-16-4-7-18(8-5-16)30-11-10-24-14-31-20-9-6-17(15(2)25)13-19(20)22(24)26/h4-9,13,21H,3,10-12,14H2,1-2H3,(H,27,28). The number of ketones is 1. The van der Waals surface area contributed by atoms with Crippen LogP contribution in [0.25, 0.3) is 0 Å². The number of benzene rings is 2. The number of nitrogens with zero attached hydrogens (tertiary/aromatic N) is 1. The number of carbonyl (C=O) groups excluding carboxylic acids is 2. The van der Waals surface area contributed by atoms with E-state index in [2.05, 4.69) is 0 Å². The van der Waals surface area contributed by atoms with Gasteiger partial charge in [0.25, 0.3) is 5.91 Å². The predicted molar refractivity (Wildman–Crippen MR) is 112 cm³/mol. The highest BCUT2D eigenvalue weighted by Gasteiger charge is 2.26. The van der Waals surface area contributed by atoms with E-state index in [1.165, 1.54) is 11.8 Å². The molecule has 0 aromatic heterocycles. The topological polar surface area (TPSA) is 102 Å². The van der Waals surface area contributed by atoms with Crippen molar-refractivity contribution in [3.05, 3.63) is 59.2 Å². The first kappa shape index (κ1) is 22.3. The molecule has 2 aromatic carbocycles. The molecule has 0 saturated carbocycles. The van der Waals surface area contributed by atoms with E-state index in [-0.39, 0.29) is 31.4 Å². The maximum Gasteiger partial charge on any atom is 0.333 e. The van der Waals surface area contributed by atoms with Crippen molar-refractivity contribution in [1.82, 2.24) is 4.90 Å². The van der Waals surface area contributed by atoms with Gasteiger partial charge >= 0.3 is 5.97 Å². The third kappa shape index (κ3) is 5.61. The summed E-state index contributed by atoms with van der Waals surface area (Å²) in [6.07, 6.45) is -0.613. The van der Waals surface area contributed by atoms with Crippen LogP contribution in [0, 0.1) is 0 Å². The lowest BCUT2D eigenvalue weighted by atomic mass is 10.1. The van der Waals surface area contributed by atoms with Crippen molar-refractivity contribution in [2.24, 2.45) is 0 Å². The molecule has 0 radical (unpaired) electrons. The Morgan fingerprint density at radius 2 is 1.94 bits per heavy atom. The molecule has 1 unspecified atom stereocenters. The summed E-state index contributed by atoms with van der Waals surface area (Å²) in [5.41, 5.74) is 1.65. The molecule has 1 aliphatic heterocycles. The molecule has 1 N–H and O–H groups in total. The minimum atomic E-state index is -0.993. The second-order valence-electron chi connectivity index (χ2n) is 7.09. The number of aliphatic carboxylic acids is 1. The van der Waals surface area contributed by atoms with E-state index in [1.54, 1.807) is 49.4 Å². The van der Waals surface area contributed by atoms with Crippen LogP contribution in [-0.2, 0) is 16.0 Å². The summed E-state index contributed by atoms with van der Waals surface area (Å²) < 4.78 is 16.6. The average molecular weight is 427 g/mol. The quantitative estimate of drug-likeness (QED) is 0.582. The molecule has 0 aliphatic carbocycles. The van der Waals surface area contributed by atoms with Crippen molar-refractivity contribution < 1.29 is 33.7 Å². The van der Waals surface area contributed by atoms with E-state index in [0.29, 0.717) is 35.8 Å². The highest BCUT2D eigenvalue weighted by molar-refractivity contribution is 6.02. The number of carboxylic acid groups (broad SMARTS) is 1. The molecule has 1 heterocycles. The zero-order chi connectivity index (χ0) is 22.4. The molecule has 164 valence electrons. The summed E-state index contributed by atoms with van der Waals surface area (Å²) in [6, 6.07) is 11.9. The Morgan fingerprint density at radius 1 is 1.19 bits per heavy atom. The Kier molecular flexibility index (Phi) is 7.25. The van der Waals surface area contributed by atoms with Crippen LogP contribution in [-0.4, -0.2) is 60.3 Å². The number of ether oxygens (including phenoxy) is 3. The Balaban J connectivity index is 1.53. The zero-order valence-corrected chi connectivity index (χ0v) is 17.5. The number of amides is 1. The normalized spacial score (nSPS) is 13.9. The smallest absolute Gasteiger partial charge is 0.333 e. The summed E-state index contributed by atoms with van der Waals surface area (Å²) in [7, 11) is 0. The molecule has 8 heteroatoms. The lowest BCUT2D eigenvalue weighted by Crippen LogP contribution is -2.41. The lowest BCUT2D eigenvalue weighted by molar-refractivity contribution is -0.149. The minimum Gasteiger partial charge on any atom is -0.492 e. The number of fused-ring (bicyclic) bond motifs is 1. The largest absolute Gasteiger partial charge is 0.492 e. The summed E-state index contributed by atoms with van der Waals surface area (Å²) in [6.45, 7) is 4.22. The van der Waals surface area contributed by atoms with E-state index < -0.39 is 12.1 Å². The first-order valence-corrected chi connectivity index (χ1v) is 10.0. The molecule has 8 nitrogen and oxygen atoms in total. The van der Waals surface area contributed by atoms with Gasteiger partial charge in [0.05, 0.1) is 12.1 Å². The average Bonchev–Trinajstić information content (AvgIpc) is 2.76. The van der Waals surface area contributed by atoms with Crippen LogP contribution in [0.15, 0.2) is 42.5 Å². The van der Waals surface area contributed by atoms with Crippen LogP contribution in [0.2, 0.25) is 0 Å². The highest BCUT2D eigenvalue weighted by Crippen LogP contribution is 2.26. The Labute approximate surface area is 180 Å². The summed E-state index contributed by atoms with van der Waals surface area (Å²) >= 11 is 0. The maximum absolute atomic E-state index is 12.7. The Hall–Kier alpha value is -3.39. The van der Waals surface area contributed by atoms with E-state index in [9.17, 15) is 19.5 Å². The third-order valence-electron chi connectivity index (χ3n) is 4.90. The second-order valence-corrected chi connectivity index (χ2v) is 7.09. The molecule has 1 amide bonds. The van der Waals surface area contributed by atoms with Gasteiger partial charge < -0.3 is 24.2 Å². The number of Topliss-reactive ketones (excluding diaryl/α,β-unsaturated/α-hetero) is 1. The van der Waals surface area contributed by atoms with Crippen LogP contribution in [0.1, 0.15) is 40.1 Å². The van der Waals surface area contributed by atoms with Crippen LogP contribution in [0.4, 0.5) is 0 Å². The van der Waals surface area contributed by atoms with E-state index in [1.807, 2.05) is 0 Å². The maximum atomic E-state index is 12.7. The highest BCUT2D eigenvalue weighted by atomic mass is 16.5. The molecule has 3 rings (SSSR count). The van der Waals surface area contributed by atoms with E-state index >= 15 is 0 Å². The van der Waals surface area contributed by atoms with Gasteiger partial charge in [0.2, 0.25) is 0 Å². The Bertz CT molecular complexity index is 955. The van der Waals surface area contributed by atoms with Crippen molar-refractivity contribution in [3.8, 4) is 11.5 Å². The van der Waals surface area contributed by atoms with E-state index in [4.69, 9.17) is 14.2 Å². The number of hydrogen-bond acceptors (Lipinski definition) is 6. The zero-order valence-electron chi connectivity index (χ0n) is 17.5. The van der Waals surface area contributed by atoms with Crippen LogP contribution < -0.4 is 9.47 Å². The third-order valence-corrected chi connectivity index (χ3v) is 4.90. The molecule has 0 fully saturated rings. The van der Waals surface area contributed by atoms with Gasteiger partial charge in [-0.05, 0) is 49.7 Å². The van der Waals surface area contributed by atoms with E-state index in [0.717, 1.165) is 5.56 Å². The lowest BCUT2D eigenvalue weighted by Gasteiger charge is -2.28. The van der Waals surface area contributed by atoms with Crippen LogP contribution in [0.5, 0.6) is 11.5 Å². The van der Waals surface area contributed by atoms with Crippen molar-refractivity contribution in [3.63, 3.8) is 0 Å². The van der Waals surface area contributed by atoms with Gasteiger partial charge in [-0.3, -0.25) is 9.59 Å². The molecule has 1 aliphatic rings. The van der Waals surface area contributed by atoms with Crippen LogP contribution >= 0.6 is 0 Å². The first-order chi connectivity index (χ1) is 14.9. The van der Waals surface area contributed by atoms with Crippen molar-refractivity contribution in [2.45, 2.75) is 26.4 Å². The monoisotopic (exact) mass is 427 g/mol. The van der Waals surface area contributed by atoms with Gasteiger partial charge in [-0.15, -0.1) is 0 Å². The number of carboxylic acids is 1. The predicted octanol–water partition coefficient (Wildman–Crippen LogP) is 2.79. The van der Waals surface area contributed by atoms with Gasteiger partial charge in [0.1, 0.15) is 18.1 Å². The number of rotatable bonds is 10. The number of carbonyl (C=O) groups is 3. The molecule has 0 spiro atoms. The fourth-order valence-corrected chi connectivity index (χ4v) is 3.21. The fraction of sp³-hybridized carbons (Fsp3) is 0.348. The molecule has 2 aromatic rings. The molecule has 0 saturated heterocycles. The fourth-order valence-electron chi connectivity index (χ4n) is 3.21. The van der Waals surface area contributed by atoms with Gasteiger partial charge in [0.15, 0.2) is 18.6 Å². The summed E-state index contributed by atoms with van der Waals surface area (Å²) in [5, 5.41) is 9.18. The molecular weight excluding hydrogens is 402 g/mol. The van der Waals surface area contributed by atoms with Crippen LogP contribution in [0.3, 0.4) is 0 Å². The molecule has 31 heavy (non-hydrogen) atoms. The van der Waals surface area contributed by atoms with Crippen molar-refractivity contribution in [2.75, 3.05) is 26.5 Å². The molecular formula is C23H25NO7. The number of hydrogen-bond donors (Lipinski definition) is 1. The second kappa shape index (κ2) is 10.1. The summed E-state index contributed by atoms with van der Waals surface area (Å²) in [4.78, 5) is 37.0. The van der Waals surface area contributed by atoms with Gasteiger partial charge in [-0.25, -0.2) is 4.79 Å². The summed E-state index contributed by atoms with van der Waals surface area (Å²) in [5.74, 6) is -0.242. The molecule has 1 atom stereocenters. The SMILES string of the molecule is CCOC(Cc1ccc(OCCN2COc3ccc(C(C)=O)cc3C2=O)cc1)C(=O)O. The van der Waals surface area contributed by atoms with Gasteiger partial charge in [0, 0.05) is 18.6 Å². The van der Waals surface area contributed by atoms with Crippen molar-refractivity contribution in [1.29, 1.82) is 0 Å². The van der Waals surface area contributed by atoms with Gasteiger partial charge in [-0.1, -0.05) is 12.1 Å². The van der Waals surface area contributed by atoms with Crippen molar-refractivity contribution >= 4 is 17.7 Å². The minimum absolute atomic E-state index is 0.113. The molecule has 0 bridgehead atoms. The van der Waals surface area contributed by atoms with Gasteiger partial charge in [-0.2, -0.15) is 0 Å².